The molecule has 2 atom stereocenters. The van der Waals surface area contributed by atoms with E-state index in [1.807, 2.05) is 6.92 Å². The Balaban J connectivity index is 2.00. The first-order chi connectivity index (χ1) is 8.18. The first-order valence-electron chi connectivity index (χ1n) is 6.29. The SMILES string of the molecule is Cc1ccoc1C(=O)NC1CCCCCC1N. The lowest BCUT2D eigenvalue weighted by Crippen LogP contribution is -2.47. The van der Waals surface area contributed by atoms with Gasteiger partial charge in [0.15, 0.2) is 5.76 Å². The van der Waals surface area contributed by atoms with Gasteiger partial charge in [-0.3, -0.25) is 4.79 Å². The summed E-state index contributed by atoms with van der Waals surface area (Å²) in [7, 11) is 0. The monoisotopic (exact) mass is 236 g/mol. The van der Waals surface area contributed by atoms with Gasteiger partial charge < -0.3 is 15.5 Å². The van der Waals surface area contributed by atoms with Crippen molar-refractivity contribution in [1.29, 1.82) is 0 Å². The third-order valence-electron chi connectivity index (χ3n) is 3.45. The number of rotatable bonds is 2. The second-order valence-corrected chi connectivity index (χ2v) is 4.81. The Bertz CT molecular complexity index is 387. The Hall–Kier alpha value is -1.29. The number of aryl methyl sites for hydroxylation is 1. The summed E-state index contributed by atoms with van der Waals surface area (Å²) in [4.78, 5) is 12.0. The molecular weight excluding hydrogens is 216 g/mol. The van der Waals surface area contributed by atoms with E-state index in [9.17, 15) is 4.79 Å². The van der Waals surface area contributed by atoms with Gasteiger partial charge in [-0.15, -0.1) is 0 Å². The molecule has 1 saturated carbocycles. The van der Waals surface area contributed by atoms with Crippen molar-refractivity contribution < 1.29 is 9.21 Å². The van der Waals surface area contributed by atoms with Gasteiger partial charge in [0.2, 0.25) is 0 Å². The molecule has 94 valence electrons. The first kappa shape index (κ1) is 12.2. The summed E-state index contributed by atoms with van der Waals surface area (Å²) in [6.45, 7) is 1.87. The van der Waals surface area contributed by atoms with Crippen LogP contribution in [0.4, 0.5) is 0 Å². The third-order valence-corrected chi connectivity index (χ3v) is 3.45. The zero-order valence-corrected chi connectivity index (χ0v) is 10.2. The number of hydrogen-bond donors (Lipinski definition) is 2. The van der Waals surface area contributed by atoms with Crippen molar-refractivity contribution in [3.8, 4) is 0 Å². The molecule has 1 fully saturated rings. The third kappa shape index (κ3) is 2.88. The van der Waals surface area contributed by atoms with Gasteiger partial charge >= 0.3 is 0 Å². The fourth-order valence-electron chi connectivity index (χ4n) is 2.35. The van der Waals surface area contributed by atoms with E-state index in [-0.39, 0.29) is 18.0 Å². The van der Waals surface area contributed by atoms with Gasteiger partial charge in [-0.2, -0.15) is 0 Å². The van der Waals surface area contributed by atoms with E-state index in [2.05, 4.69) is 5.32 Å². The minimum atomic E-state index is -0.144. The lowest BCUT2D eigenvalue weighted by molar-refractivity contribution is 0.0900. The molecule has 0 bridgehead atoms. The first-order valence-corrected chi connectivity index (χ1v) is 6.29. The van der Waals surface area contributed by atoms with Gasteiger partial charge in [-0.1, -0.05) is 19.3 Å². The molecule has 3 N–H and O–H groups in total. The van der Waals surface area contributed by atoms with Crippen LogP contribution in [0, 0.1) is 6.92 Å². The Labute approximate surface area is 102 Å². The standard InChI is InChI=1S/C13H20N2O2/c1-9-7-8-17-12(9)13(16)15-11-6-4-2-3-5-10(11)14/h7-8,10-11H,2-6,14H2,1H3,(H,15,16). The van der Waals surface area contributed by atoms with Crippen LogP contribution in [0.1, 0.15) is 48.2 Å². The van der Waals surface area contributed by atoms with Crippen LogP contribution in [0.2, 0.25) is 0 Å². The highest BCUT2D eigenvalue weighted by Crippen LogP contribution is 2.17. The van der Waals surface area contributed by atoms with Crippen LogP contribution in [0.25, 0.3) is 0 Å². The number of furan rings is 1. The fraction of sp³-hybridized carbons (Fsp3) is 0.615. The van der Waals surface area contributed by atoms with Crippen molar-refractivity contribution in [3.63, 3.8) is 0 Å². The van der Waals surface area contributed by atoms with E-state index < -0.39 is 0 Å². The van der Waals surface area contributed by atoms with E-state index in [0.29, 0.717) is 5.76 Å². The highest BCUT2D eigenvalue weighted by molar-refractivity contribution is 5.93. The van der Waals surface area contributed by atoms with E-state index in [0.717, 1.165) is 31.2 Å². The summed E-state index contributed by atoms with van der Waals surface area (Å²) in [5.74, 6) is 0.260. The van der Waals surface area contributed by atoms with Gasteiger partial charge in [0, 0.05) is 17.6 Å². The smallest absolute Gasteiger partial charge is 0.287 e. The number of amides is 1. The molecule has 1 aliphatic rings. The Morgan fingerprint density at radius 1 is 1.41 bits per heavy atom. The summed E-state index contributed by atoms with van der Waals surface area (Å²) in [6.07, 6.45) is 7.00. The Morgan fingerprint density at radius 3 is 2.88 bits per heavy atom. The second kappa shape index (κ2) is 5.36. The normalized spacial score (nSPS) is 25.3. The minimum absolute atomic E-state index is 0.0664. The molecule has 2 unspecified atom stereocenters. The number of nitrogens with one attached hydrogen (secondary N) is 1. The van der Waals surface area contributed by atoms with Crippen LogP contribution in [0.3, 0.4) is 0 Å². The van der Waals surface area contributed by atoms with E-state index in [1.165, 1.54) is 12.7 Å². The molecule has 1 heterocycles. The van der Waals surface area contributed by atoms with Crippen molar-refractivity contribution in [2.75, 3.05) is 0 Å². The van der Waals surface area contributed by atoms with E-state index in [4.69, 9.17) is 10.2 Å². The van der Waals surface area contributed by atoms with Crippen LogP contribution < -0.4 is 11.1 Å². The van der Waals surface area contributed by atoms with Crippen LogP contribution >= 0.6 is 0 Å². The maximum Gasteiger partial charge on any atom is 0.287 e. The topological polar surface area (TPSA) is 68.3 Å². The molecular formula is C13H20N2O2. The molecule has 1 aromatic heterocycles. The van der Waals surface area contributed by atoms with Crippen molar-refractivity contribution in [2.45, 2.75) is 51.1 Å². The van der Waals surface area contributed by atoms with Crippen molar-refractivity contribution in [3.05, 3.63) is 23.7 Å². The lowest BCUT2D eigenvalue weighted by atomic mass is 10.0. The summed E-state index contributed by atoms with van der Waals surface area (Å²) >= 11 is 0. The van der Waals surface area contributed by atoms with Crippen molar-refractivity contribution in [1.82, 2.24) is 5.32 Å². The van der Waals surface area contributed by atoms with Gasteiger partial charge in [0.1, 0.15) is 0 Å². The summed E-state index contributed by atoms with van der Waals surface area (Å²) < 4.78 is 5.18. The van der Waals surface area contributed by atoms with E-state index in [1.54, 1.807) is 6.07 Å². The highest BCUT2D eigenvalue weighted by atomic mass is 16.3. The quantitative estimate of drug-likeness (QED) is 0.771. The van der Waals surface area contributed by atoms with E-state index >= 15 is 0 Å². The predicted octanol–water partition coefficient (Wildman–Crippen LogP) is 1.98. The molecule has 1 aromatic rings. The number of carbonyl (C=O) groups excluding carboxylic acids is 1. The predicted molar refractivity (Wildman–Crippen MR) is 65.8 cm³/mol. The summed E-state index contributed by atoms with van der Waals surface area (Å²) in [5, 5.41) is 2.99. The Morgan fingerprint density at radius 2 is 2.18 bits per heavy atom. The average molecular weight is 236 g/mol. The van der Waals surface area contributed by atoms with Gasteiger partial charge in [-0.25, -0.2) is 0 Å². The molecule has 0 spiro atoms. The van der Waals surface area contributed by atoms with Crippen molar-refractivity contribution >= 4 is 5.91 Å². The molecule has 0 aliphatic heterocycles. The van der Waals surface area contributed by atoms with Crippen LogP contribution in [0.5, 0.6) is 0 Å². The number of nitrogens with two attached hydrogens (primary N) is 1. The van der Waals surface area contributed by atoms with Crippen LogP contribution in [-0.2, 0) is 0 Å². The second-order valence-electron chi connectivity index (χ2n) is 4.81. The molecule has 1 aliphatic carbocycles. The lowest BCUT2D eigenvalue weighted by Gasteiger charge is -2.22. The molecule has 17 heavy (non-hydrogen) atoms. The molecule has 0 aromatic carbocycles. The molecule has 4 nitrogen and oxygen atoms in total. The highest BCUT2D eigenvalue weighted by Gasteiger charge is 2.24. The maximum atomic E-state index is 12.0. The average Bonchev–Trinajstić information content (AvgIpc) is 2.63. The van der Waals surface area contributed by atoms with Crippen molar-refractivity contribution in [2.24, 2.45) is 5.73 Å². The zero-order chi connectivity index (χ0) is 12.3. The summed E-state index contributed by atoms with van der Waals surface area (Å²) in [5.41, 5.74) is 6.94. The number of hydrogen-bond acceptors (Lipinski definition) is 3. The largest absolute Gasteiger partial charge is 0.459 e. The van der Waals surface area contributed by atoms with Gasteiger partial charge in [0.05, 0.1) is 6.26 Å². The molecule has 0 saturated heterocycles. The summed E-state index contributed by atoms with van der Waals surface area (Å²) in [6, 6.07) is 1.94. The maximum absolute atomic E-state index is 12.0. The molecule has 1 amide bonds. The van der Waals surface area contributed by atoms with Crippen LogP contribution in [-0.4, -0.2) is 18.0 Å². The number of carbonyl (C=O) groups is 1. The molecule has 4 heteroatoms. The molecule has 0 radical (unpaired) electrons. The fourth-order valence-corrected chi connectivity index (χ4v) is 2.35. The van der Waals surface area contributed by atoms with Crippen LogP contribution in [0.15, 0.2) is 16.7 Å². The van der Waals surface area contributed by atoms with Gasteiger partial charge in [0.25, 0.3) is 5.91 Å². The van der Waals surface area contributed by atoms with Gasteiger partial charge in [-0.05, 0) is 25.8 Å². The zero-order valence-electron chi connectivity index (χ0n) is 10.2. The Kier molecular flexibility index (Phi) is 3.84. The minimum Gasteiger partial charge on any atom is -0.459 e. The molecule has 2 rings (SSSR count).